The third-order valence-corrected chi connectivity index (χ3v) is 5.77. The van der Waals surface area contributed by atoms with Crippen LogP contribution in [0.4, 0.5) is 18.9 Å². The molecule has 0 fully saturated rings. The number of hydrogen-bond donors (Lipinski definition) is 1. The fourth-order valence-corrected chi connectivity index (χ4v) is 3.82. The van der Waals surface area contributed by atoms with Crippen molar-refractivity contribution in [1.82, 2.24) is 9.61 Å². The van der Waals surface area contributed by atoms with Crippen LogP contribution in [0.5, 0.6) is 0 Å². The molecular formula is C26H22F3N3O3. The Bertz CT molecular complexity index is 1360. The molecule has 0 aliphatic rings. The van der Waals surface area contributed by atoms with E-state index >= 15 is 0 Å². The molecule has 1 unspecified atom stereocenters. The molecule has 4 rings (SSSR count). The molecule has 1 atom stereocenters. The average Bonchev–Trinajstić information content (AvgIpc) is 3.29. The Hall–Kier alpha value is -4.14. The summed E-state index contributed by atoms with van der Waals surface area (Å²) in [7, 11) is 1.33. The van der Waals surface area contributed by atoms with Crippen molar-refractivity contribution in [3.05, 3.63) is 101 Å². The van der Waals surface area contributed by atoms with Gasteiger partial charge in [0.05, 0.1) is 35.9 Å². The summed E-state index contributed by atoms with van der Waals surface area (Å²) in [5, 5.41) is 7.08. The highest BCUT2D eigenvalue weighted by Gasteiger charge is 2.30. The first-order valence-corrected chi connectivity index (χ1v) is 10.8. The number of alkyl halides is 3. The number of fused-ring (bicyclic) bond motifs is 1. The molecule has 0 aliphatic heterocycles. The summed E-state index contributed by atoms with van der Waals surface area (Å²) >= 11 is 0. The molecule has 180 valence electrons. The minimum atomic E-state index is -4.40. The minimum Gasteiger partial charge on any atom is -0.469 e. The van der Waals surface area contributed by atoms with Gasteiger partial charge in [-0.1, -0.05) is 30.3 Å². The number of anilines is 1. The molecule has 0 aliphatic carbocycles. The summed E-state index contributed by atoms with van der Waals surface area (Å²) in [6.07, 6.45) is -0.917. The number of methoxy groups -OCH3 is 1. The van der Waals surface area contributed by atoms with E-state index in [1.807, 2.05) is 6.07 Å². The van der Waals surface area contributed by atoms with Crippen molar-refractivity contribution in [2.75, 3.05) is 12.4 Å². The predicted octanol–water partition coefficient (Wildman–Crippen LogP) is 5.47. The first-order valence-electron chi connectivity index (χ1n) is 10.8. The molecule has 1 amide bonds. The Morgan fingerprint density at radius 2 is 1.74 bits per heavy atom. The molecule has 4 aromatic rings. The summed E-state index contributed by atoms with van der Waals surface area (Å²) in [5.74, 6) is -1.17. The highest BCUT2D eigenvalue weighted by atomic mass is 19.4. The lowest BCUT2D eigenvalue weighted by Gasteiger charge is -2.11. The molecule has 0 radical (unpaired) electrons. The van der Waals surface area contributed by atoms with Crippen LogP contribution in [-0.2, 0) is 22.1 Å². The lowest BCUT2D eigenvalue weighted by molar-refractivity contribution is -0.142. The van der Waals surface area contributed by atoms with E-state index < -0.39 is 17.7 Å². The molecule has 2 aromatic carbocycles. The molecule has 2 aromatic heterocycles. The van der Waals surface area contributed by atoms with Gasteiger partial charge in [0.2, 0.25) is 0 Å². The van der Waals surface area contributed by atoms with Gasteiger partial charge < -0.3 is 10.1 Å². The van der Waals surface area contributed by atoms with E-state index in [9.17, 15) is 22.8 Å². The van der Waals surface area contributed by atoms with E-state index in [1.54, 1.807) is 48.0 Å². The van der Waals surface area contributed by atoms with Crippen molar-refractivity contribution < 1.29 is 27.5 Å². The molecule has 0 bridgehead atoms. The van der Waals surface area contributed by atoms with Gasteiger partial charge in [-0.15, -0.1) is 0 Å². The minimum absolute atomic E-state index is 0.328. The molecule has 35 heavy (non-hydrogen) atoms. The summed E-state index contributed by atoms with van der Waals surface area (Å²) < 4.78 is 44.9. The molecule has 6 nitrogen and oxygen atoms in total. The van der Waals surface area contributed by atoms with Crippen molar-refractivity contribution in [1.29, 1.82) is 0 Å². The second-order valence-corrected chi connectivity index (χ2v) is 8.08. The number of amides is 1. The summed E-state index contributed by atoms with van der Waals surface area (Å²) in [5.41, 5.74) is 2.91. The molecule has 0 spiro atoms. The number of esters is 1. The lowest BCUT2D eigenvalue weighted by atomic mass is 10.0. The average molecular weight is 481 g/mol. The zero-order valence-electron chi connectivity index (χ0n) is 19.0. The van der Waals surface area contributed by atoms with Crippen LogP contribution < -0.4 is 5.32 Å². The number of halogens is 3. The largest absolute Gasteiger partial charge is 0.469 e. The first kappa shape index (κ1) is 24.0. The summed E-state index contributed by atoms with van der Waals surface area (Å²) in [4.78, 5) is 24.8. The molecule has 0 saturated carbocycles. The van der Waals surface area contributed by atoms with E-state index in [0.717, 1.165) is 23.3 Å². The van der Waals surface area contributed by atoms with Gasteiger partial charge in [0.15, 0.2) is 0 Å². The molecule has 1 N–H and O–H groups in total. The number of carbonyl (C=O) groups is 2. The highest BCUT2D eigenvalue weighted by molar-refractivity contribution is 6.09. The molecular weight excluding hydrogens is 459 g/mol. The van der Waals surface area contributed by atoms with Crippen molar-refractivity contribution >= 4 is 23.1 Å². The molecule has 2 heterocycles. The van der Waals surface area contributed by atoms with Crippen molar-refractivity contribution in [3.8, 4) is 0 Å². The molecule has 9 heteroatoms. The first-order chi connectivity index (χ1) is 16.7. The Labute approximate surface area is 199 Å². The number of aromatic nitrogens is 2. The molecule has 0 saturated heterocycles. The second-order valence-electron chi connectivity index (χ2n) is 8.08. The maximum Gasteiger partial charge on any atom is 0.416 e. The van der Waals surface area contributed by atoms with E-state index in [-0.39, 0.29) is 11.9 Å². The van der Waals surface area contributed by atoms with Crippen LogP contribution in [-0.4, -0.2) is 28.6 Å². The zero-order chi connectivity index (χ0) is 25.2. The van der Waals surface area contributed by atoms with Crippen LogP contribution in [0.15, 0.2) is 73.1 Å². The normalized spacial score (nSPS) is 12.4. The second kappa shape index (κ2) is 9.61. The van der Waals surface area contributed by atoms with Crippen LogP contribution in [0.25, 0.3) is 5.52 Å². The fraction of sp³-hybridized carbons (Fsp3) is 0.192. The van der Waals surface area contributed by atoms with Gasteiger partial charge in [-0.05, 0) is 60.4 Å². The van der Waals surface area contributed by atoms with Gasteiger partial charge in [-0.2, -0.15) is 18.3 Å². The quantitative estimate of drug-likeness (QED) is 0.371. The number of hydrogen-bond acceptors (Lipinski definition) is 4. The Morgan fingerprint density at radius 3 is 2.37 bits per heavy atom. The summed E-state index contributed by atoms with van der Waals surface area (Å²) in [6.45, 7) is 1.73. The van der Waals surface area contributed by atoms with Crippen LogP contribution in [0.3, 0.4) is 0 Å². The number of rotatable bonds is 6. The summed E-state index contributed by atoms with van der Waals surface area (Å²) in [6, 6.07) is 15.4. The van der Waals surface area contributed by atoms with Crippen molar-refractivity contribution in [3.63, 3.8) is 0 Å². The van der Waals surface area contributed by atoms with Crippen molar-refractivity contribution in [2.45, 2.75) is 25.4 Å². The fourth-order valence-electron chi connectivity index (χ4n) is 3.82. The van der Waals surface area contributed by atoms with Crippen LogP contribution >= 0.6 is 0 Å². The Kier molecular flexibility index (Phi) is 6.59. The Balaban J connectivity index is 1.56. The number of ether oxygens (including phenoxy) is 1. The van der Waals surface area contributed by atoms with Gasteiger partial charge in [0, 0.05) is 11.9 Å². The van der Waals surface area contributed by atoms with Crippen LogP contribution in [0.2, 0.25) is 0 Å². The number of carbonyl (C=O) groups excluding carboxylic acids is 2. The van der Waals surface area contributed by atoms with E-state index in [2.05, 4.69) is 10.4 Å². The van der Waals surface area contributed by atoms with Gasteiger partial charge in [0.1, 0.15) is 0 Å². The van der Waals surface area contributed by atoms with E-state index in [0.29, 0.717) is 28.8 Å². The SMILES string of the molecule is COC(=O)C(C)c1ccc(NC(=O)c2cnn3cccc(Cc4ccc(C(F)(F)F)cc4)c23)cc1. The number of benzene rings is 2. The monoisotopic (exact) mass is 481 g/mol. The third kappa shape index (κ3) is 5.18. The van der Waals surface area contributed by atoms with Crippen LogP contribution in [0.1, 0.15) is 45.5 Å². The predicted molar refractivity (Wildman–Crippen MR) is 124 cm³/mol. The Morgan fingerprint density at radius 1 is 1.06 bits per heavy atom. The third-order valence-electron chi connectivity index (χ3n) is 5.77. The van der Waals surface area contributed by atoms with Gasteiger partial charge in [0.25, 0.3) is 5.91 Å². The number of nitrogens with one attached hydrogen (secondary N) is 1. The standard InChI is InChI=1S/C26H22F3N3O3/c1-16(25(34)35-2)18-7-11-21(12-8-18)31-24(33)22-15-30-32-13-3-4-19(23(22)32)14-17-5-9-20(10-6-17)26(27,28)29/h3-13,15-16H,14H2,1-2H3,(H,31,33). The van der Waals surface area contributed by atoms with Gasteiger partial charge in [-0.25, -0.2) is 4.52 Å². The van der Waals surface area contributed by atoms with Gasteiger partial charge in [-0.3, -0.25) is 9.59 Å². The maximum absolute atomic E-state index is 13.1. The topological polar surface area (TPSA) is 72.7 Å². The smallest absolute Gasteiger partial charge is 0.416 e. The van der Waals surface area contributed by atoms with Crippen LogP contribution in [0, 0.1) is 0 Å². The maximum atomic E-state index is 13.1. The lowest BCUT2D eigenvalue weighted by Crippen LogP contribution is -2.13. The highest BCUT2D eigenvalue weighted by Crippen LogP contribution is 2.30. The number of pyridine rings is 1. The zero-order valence-corrected chi connectivity index (χ0v) is 19.0. The van der Waals surface area contributed by atoms with E-state index in [1.165, 1.54) is 25.4 Å². The number of nitrogens with zero attached hydrogens (tertiary/aromatic N) is 2. The van der Waals surface area contributed by atoms with E-state index in [4.69, 9.17) is 4.74 Å². The van der Waals surface area contributed by atoms with Crippen molar-refractivity contribution in [2.24, 2.45) is 0 Å². The van der Waals surface area contributed by atoms with Gasteiger partial charge >= 0.3 is 12.1 Å².